The molecule has 9 rings (SSSR count). The molecule has 2 aliphatic rings. The lowest BCUT2D eigenvalue weighted by molar-refractivity contribution is 1.19. The predicted molar refractivity (Wildman–Crippen MR) is 166 cm³/mol. The Bertz CT molecular complexity index is 2450. The minimum atomic E-state index is 0.598. The Kier molecular flexibility index (Phi) is 4.58. The van der Waals surface area contributed by atoms with Gasteiger partial charge in [-0.1, -0.05) is 83.9 Å². The summed E-state index contributed by atoms with van der Waals surface area (Å²) in [7, 11) is 0. The molecule has 5 heterocycles. The van der Waals surface area contributed by atoms with E-state index in [1.165, 1.54) is 0 Å². The zero-order chi connectivity index (χ0) is 27.9. The van der Waals surface area contributed by atoms with Crippen LogP contribution < -0.4 is 0 Å². The molecule has 8 nitrogen and oxygen atoms in total. The molecular weight excluding hydrogens is 520 g/mol. The van der Waals surface area contributed by atoms with E-state index < -0.39 is 0 Å². The van der Waals surface area contributed by atoms with Gasteiger partial charge >= 0.3 is 0 Å². The van der Waals surface area contributed by atoms with Crippen molar-refractivity contribution in [3.8, 4) is 45.6 Å². The molecule has 0 aliphatic carbocycles. The average Bonchev–Trinajstić information content (AvgIpc) is 3.72. The molecule has 0 unspecified atom stereocenters. The van der Waals surface area contributed by atoms with Crippen LogP contribution in [-0.4, -0.2) is 39.9 Å². The van der Waals surface area contributed by atoms with Gasteiger partial charge in [-0.05, 0) is 26.0 Å². The smallest absolute Gasteiger partial charge is 0.164 e. The monoisotopic (exact) mass is 542 g/mol. The van der Waals surface area contributed by atoms with Gasteiger partial charge in [-0.2, -0.15) is 0 Å². The molecule has 8 bridgehead atoms. The number of aromatic amines is 2. The van der Waals surface area contributed by atoms with Gasteiger partial charge in [0.05, 0.1) is 0 Å². The van der Waals surface area contributed by atoms with E-state index in [1.807, 2.05) is 48.5 Å². The van der Waals surface area contributed by atoms with E-state index >= 15 is 0 Å². The number of benzene rings is 4. The van der Waals surface area contributed by atoms with Crippen molar-refractivity contribution in [3.05, 3.63) is 96.1 Å². The van der Waals surface area contributed by atoms with Crippen molar-refractivity contribution in [3.63, 3.8) is 0 Å². The second-order valence-corrected chi connectivity index (χ2v) is 10.8. The molecule has 0 radical (unpaired) electrons. The van der Waals surface area contributed by atoms with Gasteiger partial charge in [-0.25, -0.2) is 29.9 Å². The Morgan fingerprint density at radius 1 is 0.381 bits per heavy atom. The van der Waals surface area contributed by atoms with Crippen molar-refractivity contribution in [2.45, 2.75) is 13.8 Å². The number of nitrogens with zero attached hydrogens (tertiary/aromatic N) is 6. The highest BCUT2D eigenvalue weighted by molar-refractivity contribution is 6.06. The molecule has 0 atom stereocenters. The second-order valence-electron chi connectivity index (χ2n) is 10.8. The van der Waals surface area contributed by atoms with E-state index in [4.69, 9.17) is 29.9 Å². The fourth-order valence-corrected chi connectivity index (χ4v) is 5.92. The Balaban J connectivity index is 1.51. The van der Waals surface area contributed by atoms with Crippen LogP contribution in [0.2, 0.25) is 0 Å². The van der Waals surface area contributed by atoms with Crippen LogP contribution in [0.15, 0.2) is 84.9 Å². The normalized spacial score (nSPS) is 12.0. The molecule has 2 N–H and O–H groups in total. The number of hydrogen-bond donors (Lipinski definition) is 2. The van der Waals surface area contributed by atoms with E-state index in [0.717, 1.165) is 54.9 Å². The maximum absolute atomic E-state index is 5.10. The fourth-order valence-electron chi connectivity index (χ4n) is 5.92. The van der Waals surface area contributed by atoms with Crippen molar-refractivity contribution in [2.75, 3.05) is 0 Å². The van der Waals surface area contributed by atoms with Crippen LogP contribution in [0.25, 0.3) is 89.7 Å². The van der Waals surface area contributed by atoms with Crippen molar-refractivity contribution in [1.29, 1.82) is 0 Å². The maximum atomic E-state index is 5.10. The maximum Gasteiger partial charge on any atom is 0.164 e. The van der Waals surface area contributed by atoms with Gasteiger partial charge in [0.25, 0.3) is 0 Å². The highest BCUT2D eigenvalue weighted by Gasteiger charge is 2.22. The first kappa shape index (κ1) is 23.0. The lowest BCUT2D eigenvalue weighted by atomic mass is 10.1. The van der Waals surface area contributed by atoms with Gasteiger partial charge in [0.1, 0.15) is 22.6 Å². The molecule has 4 aromatic carbocycles. The molecule has 0 fully saturated rings. The third-order valence-electron chi connectivity index (χ3n) is 7.96. The minimum Gasteiger partial charge on any atom is -0.324 e. The van der Waals surface area contributed by atoms with Crippen LogP contribution in [0, 0.1) is 13.8 Å². The summed E-state index contributed by atoms with van der Waals surface area (Å²) >= 11 is 0. The molecule has 0 amide bonds. The standard InChI is InChI=1S/C34H22N8/c1-17-11-13-23-25(15-17)33-40-31(23)38-29-21-9-5-3-7-19(21)27(36-29)35-28-20-8-4-6-10-22(20)30(37-28)39-32-24-14-12-18(2)16-26(24)34(41-32)42-33/h3-16H,1-2H3,(H2,35,36,37,38,39,40,41,42). The zero-order valence-electron chi connectivity index (χ0n) is 22.8. The van der Waals surface area contributed by atoms with E-state index in [2.05, 4.69) is 60.2 Å². The van der Waals surface area contributed by atoms with E-state index in [0.29, 0.717) is 45.9 Å². The van der Waals surface area contributed by atoms with Crippen LogP contribution >= 0.6 is 0 Å². The summed E-state index contributed by atoms with van der Waals surface area (Å²) in [6.45, 7) is 4.15. The topological polar surface area (TPSA) is 109 Å². The summed E-state index contributed by atoms with van der Waals surface area (Å²) < 4.78 is 0. The molecule has 0 spiro atoms. The largest absolute Gasteiger partial charge is 0.324 e. The Morgan fingerprint density at radius 2 is 0.810 bits per heavy atom. The van der Waals surface area contributed by atoms with Crippen LogP contribution in [0.1, 0.15) is 11.1 Å². The lowest BCUT2D eigenvalue weighted by Gasteiger charge is -1.99. The molecule has 42 heavy (non-hydrogen) atoms. The summed E-state index contributed by atoms with van der Waals surface area (Å²) in [5.41, 5.74) is 8.76. The fraction of sp³-hybridized carbons (Fsp3) is 0.0588. The molecule has 0 saturated carbocycles. The number of nitrogens with one attached hydrogen (secondary N) is 2. The molecule has 7 aromatic rings. The van der Waals surface area contributed by atoms with Crippen LogP contribution in [0.4, 0.5) is 0 Å². The summed E-state index contributed by atoms with van der Waals surface area (Å²) in [5, 5.41) is 3.85. The van der Waals surface area contributed by atoms with E-state index in [1.54, 1.807) is 0 Å². The molecule has 198 valence electrons. The first-order chi connectivity index (χ1) is 20.6. The van der Waals surface area contributed by atoms with E-state index in [9.17, 15) is 0 Å². The Morgan fingerprint density at radius 3 is 1.40 bits per heavy atom. The number of aryl methyl sites for hydroxylation is 2. The average molecular weight is 543 g/mol. The van der Waals surface area contributed by atoms with E-state index in [-0.39, 0.29) is 0 Å². The van der Waals surface area contributed by atoms with Gasteiger partial charge in [0.15, 0.2) is 23.3 Å². The summed E-state index contributed by atoms with van der Waals surface area (Å²) in [4.78, 5) is 37.1. The van der Waals surface area contributed by atoms with Crippen LogP contribution in [0.5, 0.6) is 0 Å². The summed E-state index contributed by atoms with van der Waals surface area (Å²) in [5.74, 6) is 2.41. The molecule has 3 aromatic heterocycles. The quantitative estimate of drug-likeness (QED) is 0.206. The van der Waals surface area contributed by atoms with Crippen molar-refractivity contribution >= 4 is 44.1 Å². The van der Waals surface area contributed by atoms with Crippen LogP contribution in [0.3, 0.4) is 0 Å². The van der Waals surface area contributed by atoms with Gasteiger partial charge < -0.3 is 9.97 Å². The minimum absolute atomic E-state index is 0.598. The SMILES string of the molecule is Cc1ccc2c(c1)-c1nc-2nc2[nH]c(nc3nc(nc4[nH]c(n1)c1cc(C)ccc41)-c1ccccc1-3)c1ccccc21. The number of H-pyrrole nitrogens is 2. The molecular formula is C34H22N8. The molecule has 8 heteroatoms. The highest BCUT2D eigenvalue weighted by Crippen LogP contribution is 2.37. The number of hydrogen-bond acceptors (Lipinski definition) is 6. The van der Waals surface area contributed by atoms with Gasteiger partial charge in [0, 0.05) is 43.8 Å². The Labute approximate surface area is 239 Å². The predicted octanol–water partition coefficient (Wildman–Crippen LogP) is 7.49. The third-order valence-corrected chi connectivity index (χ3v) is 7.96. The summed E-state index contributed by atoms with van der Waals surface area (Å²) in [6.07, 6.45) is 0. The number of rotatable bonds is 0. The van der Waals surface area contributed by atoms with Gasteiger partial charge in [-0.15, -0.1) is 0 Å². The van der Waals surface area contributed by atoms with Crippen molar-refractivity contribution in [1.82, 2.24) is 39.9 Å². The third kappa shape index (κ3) is 3.35. The lowest BCUT2D eigenvalue weighted by Crippen LogP contribution is -1.83. The van der Waals surface area contributed by atoms with Gasteiger partial charge in [-0.3, -0.25) is 0 Å². The first-order valence-electron chi connectivity index (χ1n) is 13.8. The second kappa shape index (κ2) is 8.37. The number of aromatic nitrogens is 8. The van der Waals surface area contributed by atoms with Crippen LogP contribution in [-0.2, 0) is 0 Å². The molecule has 0 saturated heterocycles. The zero-order valence-corrected chi connectivity index (χ0v) is 22.8. The van der Waals surface area contributed by atoms with Crippen molar-refractivity contribution < 1.29 is 0 Å². The first-order valence-corrected chi connectivity index (χ1v) is 13.8. The number of fused-ring (bicyclic) bond motifs is 20. The van der Waals surface area contributed by atoms with Crippen molar-refractivity contribution in [2.24, 2.45) is 0 Å². The molecule has 2 aliphatic heterocycles. The summed E-state index contributed by atoms with van der Waals surface area (Å²) in [6, 6.07) is 28.7. The van der Waals surface area contributed by atoms with Gasteiger partial charge in [0.2, 0.25) is 0 Å². The Hall–Kier alpha value is -5.76. The highest BCUT2D eigenvalue weighted by atomic mass is 15.1.